The number of benzene rings is 2. The molecule has 1 saturated heterocycles. The molecule has 0 spiro atoms. The van der Waals surface area contributed by atoms with E-state index in [1.807, 2.05) is 0 Å². The van der Waals surface area contributed by atoms with Crippen molar-refractivity contribution < 1.29 is 24.0 Å². The van der Waals surface area contributed by atoms with Crippen molar-refractivity contribution in [1.82, 2.24) is 4.90 Å². The van der Waals surface area contributed by atoms with Gasteiger partial charge in [0.05, 0.1) is 29.6 Å². The molecule has 2 aliphatic rings. The van der Waals surface area contributed by atoms with Gasteiger partial charge in [0.25, 0.3) is 11.6 Å². The number of nitrogens with one attached hydrogen (secondary N) is 2. The molecule has 4 rings (SSSR count). The number of nitro groups is 1. The number of methoxy groups -OCH3 is 1. The molecule has 1 saturated carbocycles. The van der Waals surface area contributed by atoms with Crippen LogP contribution >= 0.6 is 0 Å². The Morgan fingerprint density at radius 2 is 1.86 bits per heavy atom. The van der Waals surface area contributed by atoms with Crippen molar-refractivity contribution in [3.05, 3.63) is 58.1 Å². The number of amides is 3. The minimum absolute atomic E-state index is 0.108. The molecule has 10 heteroatoms. The molecule has 0 bridgehead atoms. The molecule has 184 valence electrons. The Hall–Kier alpha value is -3.95. The zero-order valence-electron chi connectivity index (χ0n) is 19.7. The Morgan fingerprint density at radius 1 is 1.11 bits per heavy atom. The van der Waals surface area contributed by atoms with Gasteiger partial charge in [-0.15, -0.1) is 0 Å². The van der Waals surface area contributed by atoms with E-state index in [0.717, 1.165) is 19.3 Å². The number of hydrogen-bond acceptors (Lipinski definition) is 7. The predicted molar refractivity (Wildman–Crippen MR) is 129 cm³/mol. The average Bonchev–Trinajstić information content (AvgIpc) is 3.08. The summed E-state index contributed by atoms with van der Waals surface area (Å²) in [7, 11) is 1.48. The third-order valence-corrected chi connectivity index (χ3v) is 6.74. The highest BCUT2D eigenvalue weighted by Crippen LogP contribution is 2.40. The first-order chi connectivity index (χ1) is 16.8. The summed E-state index contributed by atoms with van der Waals surface area (Å²) in [4.78, 5) is 50.5. The van der Waals surface area contributed by atoms with Gasteiger partial charge in [0, 0.05) is 24.7 Å². The van der Waals surface area contributed by atoms with Crippen LogP contribution in [0, 0.1) is 27.9 Å². The van der Waals surface area contributed by atoms with E-state index in [-0.39, 0.29) is 53.7 Å². The van der Waals surface area contributed by atoms with E-state index >= 15 is 0 Å². The summed E-state index contributed by atoms with van der Waals surface area (Å²) in [6.45, 7) is 2.39. The second-order valence-electron chi connectivity index (χ2n) is 9.03. The Labute approximate surface area is 202 Å². The number of rotatable bonds is 8. The fraction of sp³-hybridized carbons (Fsp3) is 0.400. The van der Waals surface area contributed by atoms with Crippen LogP contribution in [0.4, 0.5) is 17.1 Å². The van der Waals surface area contributed by atoms with Crippen LogP contribution in [-0.4, -0.2) is 47.7 Å². The van der Waals surface area contributed by atoms with Crippen LogP contribution in [0.5, 0.6) is 5.75 Å². The SMILES string of the molecule is COc1ccccc1NC(=O)c1ccc(NCCN2C(=O)C3CCC(C)CC3C2=O)c([N+](=O)[O-])c1. The molecular weight excluding hydrogens is 452 g/mol. The number of nitrogens with zero attached hydrogens (tertiary/aromatic N) is 2. The van der Waals surface area contributed by atoms with Gasteiger partial charge in [0.2, 0.25) is 11.8 Å². The number of imide groups is 1. The van der Waals surface area contributed by atoms with Crippen molar-refractivity contribution in [2.24, 2.45) is 17.8 Å². The van der Waals surface area contributed by atoms with Gasteiger partial charge in [0.1, 0.15) is 11.4 Å². The number of ether oxygens (including phenoxy) is 1. The van der Waals surface area contributed by atoms with Gasteiger partial charge in [-0.1, -0.05) is 19.1 Å². The van der Waals surface area contributed by atoms with E-state index in [0.29, 0.717) is 17.4 Å². The summed E-state index contributed by atoms with van der Waals surface area (Å²) in [5.41, 5.74) is 0.476. The van der Waals surface area contributed by atoms with Crippen molar-refractivity contribution in [3.8, 4) is 5.75 Å². The zero-order chi connectivity index (χ0) is 25.1. The summed E-state index contributed by atoms with van der Waals surface area (Å²) in [5, 5.41) is 17.3. The van der Waals surface area contributed by atoms with Gasteiger partial charge < -0.3 is 15.4 Å². The molecule has 35 heavy (non-hydrogen) atoms. The van der Waals surface area contributed by atoms with Crippen LogP contribution in [0.3, 0.4) is 0 Å². The Bertz CT molecular complexity index is 1170. The maximum Gasteiger partial charge on any atom is 0.293 e. The Kier molecular flexibility index (Phi) is 6.99. The normalized spacial score (nSPS) is 21.4. The predicted octanol–water partition coefficient (Wildman–Crippen LogP) is 3.69. The van der Waals surface area contributed by atoms with Crippen molar-refractivity contribution in [1.29, 1.82) is 0 Å². The fourth-order valence-corrected chi connectivity index (χ4v) is 4.90. The first-order valence-corrected chi connectivity index (χ1v) is 11.6. The molecule has 3 atom stereocenters. The lowest BCUT2D eigenvalue weighted by Gasteiger charge is -2.25. The standard InChI is InChI=1S/C25H28N4O6/c1-15-7-9-17-18(13-15)25(32)28(24(17)31)12-11-26-19-10-8-16(14-21(19)29(33)34)23(30)27-20-5-3-4-6-22(20)35-2/h3-6,8,10,14-15,17-18,26H,7,9,11-13H2,1-2H3,(H,27,30). The molecule has 3 amide bonds. The molecule has 1 heterocycles. The van der Waals surface area contributed by atoms with Crippen molar-refractivity contribution >= 4 is 34.8 Å². The third kappa shape index (κ3) is 4.96. The smallest absolute Gasteiger partial charge is 0.293 e. The highest BCUT2D eigenvalue weighted by molar-refractivity contribution is 6.06. The zero-order valence-corrected chi connectivity index (χ0v) is 19.7. The molecule has 2 fully saturated rings. The molecule has 2 aromatic rings. The largest absolute Gasteiger partial charge is 0.495 e. The van der Waals surface area contributed by atoms with E-state index in [2.05, 4.69) is 17.6 Å². The van der Waals surface area contributed by atoms with E-state index in [4.69, 9.17) is 4.74 Å². The molecule has 10 nitrogen and oxygen atoms in total. The number of fused-ring (bicyclic) bond motifs is 1. The topological polar surface area (TPSA) is 131 Å². The summed E-state index contributed by atoms with van der Waals surface area (Å²) < 4.78 is 5.22. The van der Waals surface area contributed by atoms with Gasteiger partial charge >= 0.3 is 0 Å². The maximum atomic E-state index is 12.7. The number of nitro benzene ring substituents is 1. The molecular formula is C25H28N4O6. The summed E-state index contributed by atoms with van der Waals surface area (Å²) in [5.74, 6) is -0.413. The quantitative estimate of drug-likeness (QED) is 0.335. The van der Waals surface area contributed by atoms with E-state index in [1.165, 1.54) is 30.2 Å². The summed E-state index contributed by atoms with van der Waals surface area (Å²) in [6, 6.07) is 11.0. The molecule has 0 aromatic heterocycles. The molecule has 0 radical (unpaired) electrons. The lowest BCUT2D eigenvalue weighted by Crippen LogP contribution is -2.35. The van der Waals surface area contributed by atoms with Crippen LogP contribution in [0.1, 0.15) is 36.5 Å². The number of anilines is 2. The molecule has 1 aliphatic heterocycles. The van der Waals surface area contributed by atoms with Crippen molar-refractivity contribution in [3.63, 3.8) is 0 Å². The van der Waals surface area contributed by atoms with Gasteiger partial charge in [-0.2, -0.15) is 0 Å². The van der Waals surface area contributed by atoms with Crippen LogP contribution in [0.2, 0.25) is 0 Å². The van der Waals surface area contributed by atoms with Gasteiger partial charge in [-0.05, 0) is 49.4 Å². The highest BCUT2D eigenvalue weighted by atomic mass is 16.6. The van der Waals surface area contributed by atoms with E-state index in [1.54, 1.807) is 24.3 Å². The summed E-state index contributed by atoms with van der Waals surface area (Å²) in [6.07, 6.45) is 2.39. The average molecular weight is 481 g/mol. The number of carbonyl (C=O) groups excluding carboxylic acids is 3. The first-order valence-electron chi connectivity index (χ1n) is 11.6. The van der Waals surface area contributed by atoms with Crippen molar-refractivity contribution in [2.45, 2.75) is 26.2 Å². The molecule has 3 unspecified atom stereocenters. The van der Waals surface area contributed by atoms with Crippen LogP contribution in [0.25, 0.3) is 0 Å². The van der Waals surface area contributed by atoms with E-state index in [9.17, 15) is 24.5 Å². The van der Waals surface area contributed by atoms with Crippen LogP contribution in [-0.2, 0) is 9.59 Å². The number of likely N-dealkylation sites (tertiary alicyclic amines) is 1. The second-order valence-corrected chi connectivity index (χ2v) is 9.03. The van der Waals surface area contributed by atoms with E-state index < -0.39 is 10.8 Å². The lowest BCUT2D eigenvalue weighted by atomic mass is 9.76. The van der Waals surface area contributed by atoms with Crippen molar-refractivity contribution in [2.75, 3.05) is 30.8 Å². The molecule has 2 aromatic carbocycles. The number of para-hydroxylation sites is 2. The first kappa shape index (κ1) is 24.2. The third-order valence-electron chi connectivity index (χ3n) is 6.74. The minimum atomic E-state index is -0.579. The Morgan fingerprint density at radius 3 is 2.60 bits per heavy atom. The number of hydrogen-bond donors (Lipinski definition) is 2. The van der Waals surface area contributed by atoms with Gasteiger partial charge in [-0.3, -0.25) is 29.4 Å². The van der Waals surface area contributed by atoms with Gasteiger partial charge in [-0.25, -0.2) is 0 Å². The fourth-order valence-electron chi connectivity index (χ4n) is 4.90. The molecule has 1 aliphatic carbocycles. The highest BCUT2D eigenvalue weighted by Gasteiger charge is 2.49. The van der Waals surface area contributed by atoms with Gasteiger partial charge in [0.15, 0.2) is 0 Å². The maximum absolute atomic E-state index is 12.7. The molecule has 2 N–H and O–H groups in total. The van der Waals surface area contributed by atoms with Crippen LogP contribution in [0.15, 0.2) is 42.5 Å². The second kappa shape index (κ2) is 10.1. The monoisotopic (exact) mass is 480 g/mol. The lowest BCUT2D eigenvalue weighted by molar-refractivity contribution is -0.384. The van der Waals surface area contributed by atoms with Crippen LogP contribution < -0.4 is 15.4 Å². The summed E-state index contributed by atoms with van der Waals surface area (Å²) >= 11 is 0. The minimum Gasteiger partial charge on any atom is -0.495 e. The number of carbonyl (C=O) groups is 3. The Balaban J connectivity index is 1.42.